The second kappa shape index (κ2) is 7.07. The molecule has 0 amide bonds. The van der Waals surface area contributed by atoms with Gasteiger partial charge in [0, 0.05) is 5.56 Å². The van der Waals surface area contributed by atoms with Crippen molar-refractivity contribution in [2.75, 3.05) is 0 Å². The average Bonchev–Trinajstić information content (AvgIpc) is 2.82. The quantitative estimate of drug-likeness (QED) is 0.587. The van der Waals surface area contributed by atoms with E-state index >= 15 is 0 Å². The molecule has 2 aromatic rings. The number of carbonyl (C=O) groups excluding carboxylic acids is 1. The van der Waals surface area contributed by atoms with Crippen molar-refractivity contribution in [3.63, 3.8) is 0 Å². The third kappa shape index (κ3) is 3.80. The molecule has 3 rings (SSSR count). The molecule has 0 spiro atoms. The van der Waals surface area contributed by atoms with Crippen LogP contribution in [0.25, 0.3) is 0 Å². The van der Waals surface area contributed by atoms with Crippen LogP contribution in [-0.2, 0) is 15.9 Å². The molecule has 0 unspecified atom stereocenters. The molecule has 0 radical (unpaired) electrons. The van der Waals surface area contributed by atoms with Crippen molar-refractivity contribution in [1.29, 1.82) is 0 Å². The summed E-state index contributed by atoms with van der Waals surface area (Å²) in [6, 6.07) is 12.9. The van der Waals surface area contributed by atoms with Crippen LogP contribution in [0.5, 0.6) is 5.75 Å². The van der Waals surface area contributed by atoms with Gasteiger partial charge in [-0.25, -0.2) is 0 Å². The first-order valence-corrected chi connectivity index (χ1v) is 8.92. The van der Waals surface area contributed by atoms with Gasteiger partial charge in [0.2, 0.25) is 0 Å². The molecule has 0 N–H and O–H groups in total. The number of hydrogen-bond donors (Lipinski definition) is 0. The number of ether oxygens (including phenoxy) is 1. The maximum Gasteiger partial charge on any atom is 0.494 e. The Bertz CT molecular complexity index is 803. The van der Waals surface area contributed by atoms with Gasteiger partial charge in [0.05, 0.1) is 16.2 Å². The van der Waals surface area contributed by atoms with Gasteiger partial charge < -0.3 is 14.0 Å². The van der Waals surface area contributed by atoms with Gasteiger partial charge in [-0.3, -0.25) is 4.79 Å². The lowest BCUT2D eigenvalue weighted by molar-refractivity contribution is 0.00578. The van der Waals surface area contributed by atoms with Crippen LogP contribution in [-0.4, -0.2) is 24.6 Å². The van der Waals surface area contributed by atoms with Gasteiger partial charge in [0.1, 0.15) is 18.6 Å². The van der Waals surface area contributed by atoms with Gasteiger partial charge in [0.25, 0.3) is 0 Å². The van der Waals surface area contributed by atoms with Gasteiger partial charge in [0.15, 0.2) is 0 Å². The predicted octanol–water partition coefficient (Wildman–Crippen LogP) is 4.03. The fourth-order valence-electron chi connectivity index (χ4n) is 2.68. The number of rotatable bonds is 5. The van der Waals surface area contributed by atoms with Gasteiger partial charge >= 0.3 is 7.12 Å². The molecule has 136 valence electrons. The summed E-state index contributed by atoms with van der Waals surface area (Å²) in [6.07, 6.45) is 0.754. The average molecular weight is 373 g/mol. The zero-order valence-corrected chi connectivity index (χ0v) is 16.2. The zero-order chi connectivity index (χ0) is 18.9. The van der Waals surface area contributed by atoms with E-state index in [1.54, 1.807) is 18.2 Å². The molecule has 26 heavy (non-hydrogen) atoms. The summed E-state index contributed by atoms with van der Waals surface area (Å²) >= 11 is 6.15. The molecule has 0 saturated carbocycles. The maximum absolute atomic E-state index is 10.8. The molecule has 1 heterocycles. The second-order valence-corrected chi connectivity index (χ2v) is 7.84. The standard InChI is InChI=1S/C20H22BClO4/c1-19(2)20(3,4)26-21(25-19)16-7-5-6-15(10-16)13-24-18-9-8-14(12-23)11-17(18)22/h5-12H,13H2,1-4H3. The summed E-state index contributed by atoms with van der Waals surface area (Å²) in [5.74, 6) is 0.540. The van der Waals surface area contributed by atoms with Crippen molar-refractivity contribution < 1.29 is 18.8 Å². The Morgan fingerprint density at radius 2 is 1.77 bits per heavy atom. The Morgan fingerprint density at radius 1 is 1.08 bits per heavy atom. The Kier molecular flexibility index (Phi) is 5.15. The lowest BCUT2D eigenvalue weighted by atomic mass is 9.78. The third-order valence-corrected chi connectivity index (χ3v) is 5.26. The van der Waals surface area contributed by atoms with Crippen LogP contribution in [0.4, 0.5) is 0 Å². The molecule has 0 atom stereocenters. The fraction of sp³-hybridized carbons (Fsp3) is 0.350. The van der Waals surface area contributed by atoms with Gasteiger partial charge in [-0.1, -0.05) is 35.9 Å². The van der Waals surface area contributed by atoms with Crippen LogP contribution in [0.3, 0.4) is 0 Å². The number of hydrogen-bond acceptors (Lipinski definition) is 4. The van der Waals surface area contributed by atoms with E-state index in [1.807, 2.05) is 52.0 Å². The van der Waals surface area contributed by atoms with Crippen molar-refractivity contribution in [2.45, 2.75) is 45.5 Å². The summed E-state index contributed by atoms with van der Waals surface area (Å²) in [4.78, 5) is 10.8. The lowest BCUT2D eigenvalue weighted by Crippen LogP contribution is -2.41. The molecule has 2 aromatic carbocycles. The summed E-state index contributed by atoms with van der Waals surface area (Å²) in [5, 5.41) is 0.414. The molecule has 1 aliphatic rings. The number of halogens is 1. The third-order valence-electron chi connectivity index (χ3n) is 4.96. The van der Waals surface area contributed by atoms with Crippen LogP contribution in [0.15, 0.2) is 42.5 Å². The van der Waals surface area contributed by atoms with E-state index in [-0.39, 0.29) is 11.2 Å². The Labute approximate surface area is 159 Å². The van der Waals surface area contributed by atoms with E-state index in [4.69, 9.17) is 25.6 Å². The smallest absolute Gasteiger partial charge is 0.487 e. The van der Waals surface area contributed by atoms with Crippen molar-refractivity contribution in [3.8, 4) is 5.75 Å². The minimum Gasteiger partial charge on any atom is -0.487 e. The Hall–Kier alpha value is -1.82. The van der Waals surface area contributed by atoms with Crippen LogP contribution in [0.1, 0.15) is 43.6 Å². The molecule has 4 nitrogen and oxygen atoms in total. The van der Waals surface area contributed by atoms with Crippen LogP contribution in [0.2, 0.25) is 5.02 Å². The van der Waals surface area contributed by atoms with E-state index in [0.717, 1.165) is 17.3 Å². The van der Waals surface area contributed by atoms with Gasteiger partial charge in [-0.15, -0.1) is 0 Å². The van der Waals surface area contributed by atoms with E-state index in [9.17, 15) is 4.79 Å². The Balaban J connectivity index is 1.72. The van der Waals surface area contributed by atoms with Crippen molar-refractivity contribution >= 4 is 30.5 Å². The summed E-state index contributed by atoms with van der Waals surface area (Å²) in [5.41, 5.74) is 1.70. The molecular formula is C20H22BClO4. The highest BCUT2D eigenvalue weighted by atomic mass is 35.5. The van der Waals surface area contributed by atoms with E-state index in [1.165, 1.54) is 0 Å². The summed E-state index contributed by atoms with van der Waals surface area (Å²) < 4.78 is 18.0. The second-order valence-electron chi connectivity index (χ2n) is 7.43. The fourth-order valence-corrected chi connectivity index (χ4v) is 2.92. The van der Waals surface area contributed by atoms with E-state index < -0.39 is 7.12 Å². The monoisotopic (exact) mass is 372 g/mol. The normalized spacial score (nSPS) is 18.0. The molecule has 1 aliphatic heterocycles. The first-order valence-electron chi connectivity index (χ1n) is 8.54. The molecule has 0 bridgehead atoms. The Morgan fingerprint density at radius 3 is 2.38 bits per heavy atom. The molecule has 6 heteroatoms. The van der Waals surface area contributed by atoms with E-state index in [0.29, 0.717) is 22.9 Å². The van der Waals surface area contributed by atoms with Crippen LogP contribution >= 0.6 is 11.6 Å². The molecule has 0 aromatic heterocycles. The summed E-state index contributed by atoms with van der Waals surface area (Å²) in [6.45, 7) is 8.49. The molecule has 1 saturated heterocycles. The maximum atomic E-state index is 10.8. The highest BCUT2D eigenvalue weighted by Gasteiger charge is 2.51. The minimum atomic E-state index is -0.407. The van der Waals surface area contributed by atoms with Crippen LogP contribution < -0.4 is 10.2 Å². The number of benzene rings is 2. The molecule has 1 fully saturated rings. The zero-order valence-electron chi connectivity index (χ0n) is 15.4. The SMILES string of the molecule is CC1(C)OB(c2cccc(COc3ccc(C=O)cc3Cl)c2)OC1(C)C. The first kappa shape index (κ1) is 19.0. The molecular weight excluding hydrogens is 350 g/mol. The number of aldehydes is 1. The predicted molar refractivity (Wildman–Crippen MR) is 103 cm³/mol. The molecule has 0 aliphatic carbocycles. The minimum absolute atomic E-state index is 0.355. The lowest BCUT2D eigenvalue weighted by Gasteiger charge is -2.32. The highest BCUT2D eigenvalue weighted by Crippen LogP contribution is 2.36. The van der Waals surface area contributed by atoms with Crippen LogP contribution in [0, 0.1) is 0 Å². The van der Waals surface area contributed by atoms with Crippen molar-refractivity contribution in [1.82, 2.24) is 0 Å². The van der Waals surface area contributed by atoms with Crippen molar-refractivity contribution in [3.05, 3.63) is 58.6 Å². The largest absolute Gasteiger partial charge is 0.494 e. The summed E-state index contributed by atoms with van der Waals surface area (Å²) in [7, 11) is -0.407. The van der Waals surface area contributed by atoms with Gasteiger partial charge in [-0.05, 0) is 56.9 Å². The highest BCUT2D eigenvalue weighted by molar-refractivity contribution is 6.62. The van der Waals surface area contributed by atoms with Crippen molar-refractivity contribution in [2.24, 2.45) is 0 Å². The topological polar surface area (TPSA) is 44.8 Å². The first-order chi connectivity index (χ1) is 12.2. The van der Waals surface area contributed by atoms with Gasteiger partial charge in [-0.2, -0.15) is 0 Å². The number of carbonyl (C=O) groups is 1. The van der Waals surface area contributed by atoms with E-state index in [2.05, 4.69) is 0 Å².